The van der Waals surface area contributed by atoms with E-state index < -0.39 is 0 Å². The molecular weight excluding hydrogens is 408 g/mol. The molecule has 0 saturated heterocycles. The Labute approximate surface area is 188 Å². The molecule has 0 bridgehead atoms. The molecule has 0 aliphatic carbocycles. The monoisotopic (exact) mass is 434 g/mol. The first-order valence-electron chi connectivity index (χ1n) is 9.57. The minimum atomic E-state index is 0.810. The average Bonchev–Trinajstić information content (AvgIpc) is 2.81. The fourth-order valence-electron chi connectivity index (χ4n) is 3.01. The van der Waals surface area contributed by atoms with Gasteiger partial charge >= 0.3 is 0 Å². The molecule has 3 aromatic rings. The van der Waals surface area contributed by atoms with Crippen molar-refractivity contribution in [2.45, 2.75) is 9.79 Å². The maximum atomic E-state index is 5.65. The average molecular weight is 435 g/mol. The lowest BCUT2D eigenvalue weighted by molar-refractivity contribution is 0.401. The van der Waals surface area contributed by atoms with Crippen molar-refractivity contribution in [3.05, 3.63) is 82.9 Å². The topological polar surface area (TPSA) is 18.5 Å². The molecule has 3 aromatic carbocycles. The highest BCUT2D eigenvalue weighted by Gasteiger charge is 2.08. The first-order chi connectivity index (χ1) is 14.7. The molecule has 0 unspecified atom stereocenters. The van der Waals surface area contributed by atoms with Crippen molar-refractivity contribution in [3.8, 4) is 11.5 Å². The molecule has 0 radical (unpaired) electrons. The van der Waals surface area contributed by atoms with Gasteiger partial charge in [0, 0.05) is 20.9 Å². The quantitative estimate of drug-likeness (QED) is 0.270. The maximum absolute atomic E-state index is 5.65. The molecule has 0 aromatic heterocycles. The summed E-state index contributed by atoms with van der Waals surface area (Å²) in [6.07, 6.45) is 12.5. The molecule has 154 valence electrons. The number of benzene rings is 3. The highest BCUT2D eigenvalue weighted by atomic mass is 32.2. The largest absolute Gasteiger partial charge is 0.496 e. The van der Waals surface area contributed by atoms with Crippen LogP contribution in [0.1, 0.15) is 22.3 Å². The Kier molecular flexibility index (Phi) is 8.12. The first kappa shape index (κ1) is 22.1. The lowest BCUT2D eigenvalue weighted by Crippen LogP contribution is -1.93. The van der Waals surface area contributed by atoms with Crippen molar-refractivity contribution < 1.29 is 9.47 Å². The number of hydrogen-bond donors (Lipinski definition) is 0. The first-order valence-corrected chi connectivity index (χ1v) is 12.0. The molecule has 0 saturated carbocycles. The summed E-state index contributed by atoms with van der Waals surface area (Å²) >= 11 is 3.48. The van der Waals surface area contributed by atoms with Crippen LogP contribution in [0.15, 0.2) is 70.5 Å². The smallest absolute Gasteiger partial charge is 0.126 e. The Morgan fingerprint density at radius 3 is 1.23 bits per heavy atom. The lowest BCUT2D eigenvalue weighted by Gasteiger charge is -2.11. The molecule has 0 aliphatic heterocycles. The van der Waals surface area contributed by atoms with Gasteiger partial charge < -0.3 is 9.47 Å². The Morgan fingerprint density at radius 1 is 0.567 bits per heavy atom. The molecule has 2 nitrogen and oxygen atoms in total. The summed E-state index contributed by atoms with van der Waals surface area (Å²) in [5.74, 6) is 1.62. The molecule has 0 heterocycles. The third-order valence-corrected chi connectivity index (χ3v) is 6.21. The summed E-state index contributed by atoms with van der Waals surface area (Å²) < 4.78 is 11.3. The van der Waals surface area contributed by atoms with Gasteiger partial charge in [-0.3, -0.25) is 0 Å². The Hall–Kier alpha value is -2.56. The Bertz CT molecular complexity index is 935. The van der Waals surface area contributed by atoms with Crippen LogP contribution in [0.3, 0.4) is 0 Å². The zero-order chi connectivity index (χ0) is 21.3. The molecule has 0 atom stereocenters. The van der Waals surface area contributed by atoms with Gasteiger partial charge in [0.05, 0.1) is 14.2 Å². The van der Waals surface area contributed by atoms with E-state index in [9.17, 15) is 0 Å². The zero-order valence-electron chi connectivity index (χ0n) is 17.7. The van der Waals surface area contributed by atoms with E-state index in [1.165, 1.54) is 9.79 Å². The van der Waals surface area contributed by atoms with Crippen molar-refractivity contribution in [1.29, 1.82) is 0 Å². The van der Waals surface area contributed by atoms with Crippen molar-refractivity contribution in [2.24, 2.45) is 0 Å². The fourth-order valence-corrected chi connectivity index (χ4v) is 3.82. The SMILES string of the molecule is COc1cc(C=Cc2ccc(SC)cc2)c(OC)cc1C=Cc1ccc(SC)cc1. The Morgan fingerprint density at radius 2 is 0.933 bits per heavy atom. The number of ether oxygens (including phenoxy) is 2. The highest BCUT2D eigenvalue weighted by molar-refractivity contribution is 7.98. The standard InChI is InChI=1S/C26H26O2S2/c1-27-25-17-22(12-6-20-9-15-24(30-4)16-10-20)26(28-2)18-21(25)11-5-19-7-13-23(29-3)14-8-19/h5-18H,1-4H3. The van der Waals surface area contributed by atoms with Gasteiger partial charge in [0.2, 0.25) is 0 Å². The van der Waals surface area contributed by atoms with Crippen LogP contribution in [0.2, 0.25) is 0 Å². The van der Waals surface area contributed by atoms with Crippen LogP contribution < -0.4 is 9.47 Å². The summed E-state index contributed by atoms with van der Waals surface area (Å²) in [6.45, 7) is 0. The minimum Gasteiger partial charge on any atom is -0.496 e. The van der Waals surface area contributed by atoms with Crippen LogP contribution in [0.5, 0.6) is 11.5 Å². The van der Waals surface area contributed by atoms with Crippen LogP contribution in [0, 0.1) is 0 Å². The van der Waals surface area contributed by atoms with Crippen LogP contribution in [0.25, 0.3) is 24.3 Å². The molecule has 0 spiro atoms. The minimum absolute atomic E-state index is 0.810. The predicted molar refractivity (Wildman–Crippen MR) is 134 cm³/mol. The lowest BCUT2D eigenvalue weighted by atomic mass is 10.1. The molecule has 30 heavy (non-hydrogen) atoms. The van der Waals surface area contributed by atoms with Gasteiger partial charge in [-0.25, -0.2) is 0 Å². The second-order valence-corrected chi connectivity index (χ2v) is 8.31. The molecule has 0 fully saturated rings. The molecule has 0 N–H and O–H groups in total. The number of thioether (sulfide) groups is 2. The molecule has 4 heteroatoms. The molecule has 3 rings (SSSR count). The van der Waals surface area contributed by atoms with Crippen molar-refractivity contribution in [3.63, 3.8) is 0 Å². The fraction of sp³-hybridized carbons (Fsp3) is 0.154. The summed E-state index contributed by atoms with van der Waals surface area (Å²) in [4.78, 5) is 2.51. The summed E-state index contributed by atoms with van der Waals surface area (Å²) in [6, 6.07) is 21.0. The summed E-state index contributed by atoms with van der Waals surface area (Å²) in [5.41, 5.74) is 4.24. The second kappa shape index (κ2) is 11.0. The summed E-state index contributed by atoms with van der Waals surface area (Å²) in [5, 5.41) is 0. The number of methoxy groups -OCH3 is 2. The van der Waals surface area contributed by atoms with E-state index in [1.54, 1.807) is 37.7 Å². The third kappa shape index (κ3) is 5.74. The van der Waals surface area contributed by atoms with Crippen molar-refractivity contribution in [1.82, 2.24) is 0 Å². The van der Waals surface area contributed by atoms with E-state index in [4.69, 9.17) is 9.47 Å². The number of rotatable bonds is 8. The van der Waals surface area contributed by atoms with Crippen LogP contribution >= 0.6 is 23.5 Å². The molecule has 0 aliphatic rings. The van der Waals surface area contributed by atoms with Gasteiger partial charge in [0.1, 0.15) is 11.5 Å². The van der Waals surface area contributed by atoms with Gasteiger partial charge in [-0.05, 0) is 60.0 Å². The van der Waals surface area contributed by atoms with Crippen LogP contribution in [-0.4, -0.2) is 26.7 Å². The van der Waals surface area contributed by atoms with Crippen molar-refractivity contribution in [2.75, 3.05) is 26.7 Å². The normalized spacial score (nSPS) is 11.3. The van der Waals surface area contributed by atoms with Crippen LogP contribution in [-0.2, 0) is 0 Å². The van der Waals surface area contributed by atoms with Gasteiger partial charge in [0.15, 0.2) is 0 Å². The Balaban J connectivity index is 1.86. The van der Waals surface area contributed by atoms with E-state index in [0.717, 1.165) is 33.8 Å². The second-order valence-electron chi connectivity index (χ2n) is 6.55. The highest BCUT2D eigenvalue weighted by Crippen LogP contribution is 2.32. The zero-order valence-corrected chi connectivity index (χ0v) is 19.3. The van der Waals surface area contributed by atoms with E-state index in [1.807, 2.05) is 12.1 Å². The molecular formula is C26H26O2S2. The van der Waals surface area contributed by atoms with E-state index in [2.05, 4.69) is 85.3 Å². The van der Waals surface area contributed by atoms with Gasteiger partial charge in [0.25, 0.3) is 0 Å². The van der Waals surface area contributed by atoms with Gasteiger partial charge in [-0.1, -0.05) is 48.6 Å². The van der Waals surface area contributed by atoms with Crippen molar-refractivity contribution >= 4 is 47.8 Å². The van der Waals surface area contributed by atoms with E-state index in [-0.39, 0.29) is 0 Å². The maximum Gasteiger partial charge on any atom is 0.126 e. The van der Waals surface area contributed by atoms with Crippen LogP contribution in [0.4, 0.5) is 0 Å². The summed E-state index contributed by atoms with van der Waals surface area (Å²) in [7, 11) is 3.39. The molecule has 0 amide bonds. The predicted octanol–water partition coefficient (Wildman–Crippen LogP) is 7.49. The van der Waals surface area contributed by atoms with E-state index >= 15 is 0 Å². The van der Waals surface area contributed by atoms with E-state index in [0.29, 0.717) is 0 Å². The number of hydrogen-bond acceptors (Lipinski definition) is 4. The van der Waals surface area contributed by atoms with Gasteiger partial charge in [-0.15, -0.1) is 23.5 Å². The third-order valence-electron chi connectivity index (χ3n) is 4.72. The van der Waals surface area contributed by atoms with Gasteiger partial charge in [-0.2, -0.15) is 0 Å².